The first kappa shape index (κ1) is 17.2. The summed E-state index contributed by atoms with van der Waals surface area (Å²) in [5.74, 6) is 0.943. The number of carbonyl (C=O) groups is 2. The van der Waals surface area contributed by atoms with Crippen LogP contribution in [-0.2, 0) is 4.79 Å². The number of imide groups is 1. The van der Waals surface area contributed by atoms with E-state index < -0.39 is 5.54 Å². The highest BCUT2D eigenvalue weighted by atomic mass is 16.2. The van der Waals surface area contributed by atoms with Gasteiger partial charge in [-0.15, -0.1) is 0 Å². The lowest BCUT2D eigenvalue weighted by Gasteiger charge is -2.43. The Morgan fingerprint density at radius 2 is 1.96 bits per heavy atom. The lowest BCUT2D eigenvalue weighted by molar-refractivity contribution is -0.133. The molecule has 7 nitrogen and oxygen atoms in total. The molecule has 3 rings (SSSR count). The van der Waals surface area contributed by atoms with Crippen molar-refractivity contribution < 1.29 is 9.59 Å². The number of nitrogens with zero attached hydrogens (tertiary/aromatic N) is 5. The number of aromatic nitrogens is 1. The first-order valence-electron chi connectivity index (χ1n) is 8.61. The van der Waals surface area contributed by atoms with E-state index >= 15 is 0 Å². The summed E-state index contributed by atoms with van der Waals surface area (Å²) in [6.45, 7) is 5.94. The van der Waals surface area contributed by atoms with Gasteiger partial charge in [0.25, 0.3) is 5.91 Å². The average molecular weight is 341 g/mol. The van der Waals surface area contributed by atoms with Gasteiger partial charge in [0.2, 0.25) is 0 Å². The van der Waals surface area contributed by atoms with Crippen LogP contribution < -0.4 is 4.90 Å². The standard InChI is InChI=1S/C18H23N5O2/c1-13(2)12-23-17(25)21(3)16(24)18(23)7-9-22(10-8-18)15-6-4-5-14(11-19)20-15/h4-6,13H,7-10,12H2,1-3H3. The smallest absolute Gasteiger partial charge is 0.327 e. The predicted molar refractivity (Wildman–Crippen MR) is 92.8 cm³/mol. The van der Waals surface area contributed by atoms with Gasteiger partial charge in [0.05, 0.1) is 0 Å². The number of anilines is 1. The molecular weight excluding hydrogens is 318 g/mol. The molecule has 132 valence electrons. The summed E-state index contributed by atoms with van der Waals surface area (Å²) >= 11 is 0. The number of urea groups is 1. The van der Waals surface area contributed by atoms with Crippen molar-refractivity contribution in [2.45, 2.75) is 32.2 Å². The number of hydrogen-bond acceptors (Lipinski definition) is 5. The van der Waals surface area contributed by atoms with Crippen LogP contribution in [0.1, 0.15) is 32.4 Å². The molecule has 25 heavy (non-hydrogen) atoms. The highest BCUT2D eigenvalue weighted by Gasteiger charge is 2.56. The maximum Gasteiger partial charge on any atom is 0.327 e. The van der Waals surface area contributed by atoms with E-state index in [1.54, 1.807) is 18.0 Å². The summed E-state index contributed by atoms with van der Waals surface area (Å²) in [5.41, 5.74) is -0.356. The topological polar surface area (TPSA) is 80.5 Å². The van der Waals surface area contributed by atoms with E-state index in [2.05, 4.69) is 29.8 Å². The second kappa shape index (κ2) is 6.36. The first-order chi connectivity index (χ1) is 11.9. The molecule has 0 aliphatic carbocycles. The molecular formula is C18H23N5O2. The van der Waals surface area contributed by atoms with Crippen LogP contribution in [0.4, 0.5) is 10.6 Å². The predicted octanol–water partition coefficient (Wildman–Crippen LogP) is 1.84. The minimum Gasteiger partial charge on any atom is -0.356 e. The summed E-state index contributed by atoms with van der Waals surface area (Å²) in [7, 11) is 1.57. The number of nitriles is 1. The normalized spacial score (nSPS) is 19.9. The molecule has 0 N–H and O–H groups in total. The van der Waals surface area contributed by atoms with Crippen LogP contribution in [0.2, 0.25) is 0 Å². The SMILES string of the molecule is CC(C)CN1C(=O)N(C)C(=O)C12CCN(c1cccc(C#N)n1)CC2. The van der Waals surface area contributed by atoms with E-state index in [9.17, 15) is 9.59 Å². The minimum atomic E-state index is -0.737. The van der Waals surface area contributed by atoms with Gasteiger partial charge < -0.3 is 9.80 Å². The van der Waals surface area contributed by atoms with Crippen LogP contribution >= 0.6 is 0 Å². The number of amides is 3. The van der Waals surface area contributed by atoms with Crippen molar-refractivity contribution in [3.63, 3.8) is 0 Å². The van der Waals surface area contributed by atoms with Crippen LogP contribution in [0.15, 0.2) is 18.2 Å². The lowest BCUT2D eigenvalue weighted by atomic mass is 9.85. The third-order valence-electron chi connectivity index (χ3n) is 5.05. The van der Waals surface area contributed by atoms with Crippen LogP contribution in [0, 0.1) is 17.2 Å². The van der Waals surface area contributed by atoms with Gasteiger partial charge >= 0.3 is 6.03 Å². The average Bonchev–Trinajstić information content (AvgIpc) is 2.78. The summed E-state index contributed by atoms with van der Waals surface area (Å²) in [6, 6.07) is 7.21. The van der Waals surface area contributed by atoms with Crippen LogP contribution in [0.3, 0.4) is 0 Å². The zero-order valence-electron chi connectivity index (χ0n) is 14.9. The van der Waals surface area contributed by atoms with Gasteiger partial charge in [-0.25, -0.2) is 9.78 Å². The molecule has 0 radical (unpaired) electrons. The van der Waals surface area contributed by atoms with Gasteiger partial charge in [-0.3, -0.25) is 9.69 Å². The van der Waals surface area contributed by atoms with Crippen LogP contribution in [-0.4, -0.2) is 58.9 Å². The van der Waals surface area contributed by atoms with Crippen molar-refractivity contribution >= 4 is 17.8 Å². The van der Waals surface area contributed by atoms with E-state index in [1.165, 1.54) is 4.90 Å². The molecule has 2 aliphatic heterocycles. The van der Waals surface area contributed by atoms with Crippen molar-refractivity contribution in [2.24, 2.45) is 5.92 Å². The molecule has 1 aromatic heterocycles. The molecule has 0 aromatic carbocycles. The summed E-state index contributed by atoms with van der Waals surface area (Å²) in [4.78, 5) is 34.8. The molecule has 3 heterocycles. The molecule has 2 aliphatic rings. The number of pyridine rings is 1. The Balaban J connectivity index is 1.82. The fourth-order valence-corrected chi connectivity index (χ4v) is 3.75. The fourth-order valence-electron chi connectivity index (χ4n) is 3.75. The number of carbonyl (C=O) groups excluding carboxylic acids is 2. The molecule has 1 spiro atoms. The van der Waals surface area contributed by atoms with Crippen molar-refractivity contribution in [1.29, 1.82) is 5.26 Å². The third kappa shape index (κ3) is 2.82. The molecule has 7 heteroatoms. The zero-order valence-corrected chi connectivity index (χ0v) is 14.9. The Labute approximate surface area is 147 Å². The summed E-state index contributed by atoms with van der Waals surface area (Å²) < 4.78 is 0. The van der Waals surface area contributed by atoms with Crippen molar-refractivity contribution in [3.05, 3.63) is 23.9 Å². The lowest BCUT2D eigenvalue weighted by Crippen LogP contribution is -2.57. The Hall–Kier alpha value is -2.62. The highest BCUT2D eigenvalue weighted by molar-refractivity contribution is 6.06. The molecule has 0 saturated carbocycles. The zero-order chi connectivity index (χ0) is 18.2. The van der Waals surface area contributed by atoms with Crippen LogP contribution in [0.5, 0.6) is 0 Å². The van der Waals surface area contributed by atoms with Gasteiger partial charge in [0, 0.05) is 26.7 Å². The van der Waals surface area contributed by atoms with Gasteiger partial charge in [-0.05, 0) is 30.9 Å². The molecule has 1 aromatic rings. The van der Waals surface area contributed by atoms with Gasteiger partial charge in [0.1, 0.15) is 23.1 Å². The number of piperidine rings is 1. The maximum absolute atomic E-state index is 12.8. The number of likely N-dealkylation sites (N-methyl/N-ethyl adjacent to an activating group) is 1. The van der Waals surface area contributed by atoms with E-state index in [-0.39, 0.29) is 11.9 Å². The number of rotatable bonds is 3. The molecule has 0 atom stereocenters. The Morgan fingerprint density at radius 3 is 2.56 bits per heavy atom. The Kier molecular flexibility index (Phi) is 4.38. The minimum absolute atomic E-state index is 0.100. The molecule has 2 saturated heterocycles. The number of hydrogen-bond donors (Lipinski definition) is 0. The highest BCUT2D eigenvalue weighted by Crippen LogP contribution is 2.38. The van der Waals surface area contributed by atoms with Gasteiger partial charge in [-0.1, -0.05) is 19.9 Å². The molecule has 3 amide bonds. The van der Waals surface area contributed by atoms with Gasteiger partial charge in [0.15, 0.2) is 0 Å². The second-order valence-electron chi connectivity index (χ2n) is 7.16. The molecule has 2 fully saturated rings. The summed E-state index contributed by atoms with van der Waals surface area (Å²) in [5, 5.41) is 9.01. The van der Waals surface area contributed by atoms with E-state index in [0.717, 1.165) is 5.82 Å². The van der Waals surface area contributed by atoms with Crippen LogP contribution in [0.25, 0.3) is 0 Å². The van der Waals surface area contributed by atoms with Crippen molar-refractivity contribution in [1.82, 2.24) is 14.8 Å². The summed E-state index contributed by atoms with van der Waals surface area (Å²) in [6.07, 6.45) is 1.15. The quantitative estimate of drug-likeness (QED) is 0.784. The van der Waals surface area contributed by atoms with Gasteiger partial charge in [-0.2, -0.15) is 5.26 Å². The van der Waals surface area contributed by atoms with E-state index in [4.69, 9.17) is 5.26 Å². The second-order valence-corrected chi connectivity index (χ2v) is 7.16. The van der Waals surface area contributed by atoms with E-state index in [1.807, 2.05) is 12.1 Å². The monoisotopic (exact) mass is 341 g/mol. The molecule has 0 unspecified atom stereocenters. The first-order valence-corrected chi connectivity index (χ1v) is 8.61. The largest absolute Gasteiger partial charge is 0.356 e. The maximum atomic E-state index is 12.8. The third-order valence-corrected chi connectivity index (χ3v) is 5.05. The Morgan fingerprint density at radius 1 is 1.28 bits per heavy atom. The van der Waals surface area contributed by atoms with E-state index in [0.29, 0.717) is 44.1 Å². The molecule has 0 bridgehead atoms. The fraction of sp³-hybridized carbons (Fsp3) is 0.556. The van der Waals surface area contributed by atoms with Crippen molar-refractivity contribution in [3.8, 4) is 6.07 Å². The Bertz CT molecular complexity index is 731. The van der Waals surface area contributed by atoms with Crippen molar-refractivity contribution in [2.75, 3.05) is 31.6 Å².